The number of amides is 2. The zero-order chi connectivity index (χ0) is 27.0. The lowest BCUT2D eigenvalue weighted by Crippen LogP contribution is -2.23. The Morgan fingerprint density at radius 3 is 2.71 bits per heavy atom. The first-order valence-electron chi connectivity index (χ1n) is 11.8. The quantitative estimate of drug-likeness (QED) is 0.363. The molecule has 1 aliphatic heterocycles. The van der Waals surface area contributed by atoms with Gasteiger partial charge in [0.25, 0.3) is 11.8 Å². The minimum absolute atomic E-state index is 0.0428. The van der Waals surface area contributed by atoms with E-state index in [0.717, 1.165) is 23.6 Å². The number of aromatic amines is 1. The van der Waals surface area contributed by atoms with Gasteiger partial charge in [0, 0.05) is 37.8 Å². The second-order valence-corrected chi connectivity index (χ2v) is 8.99. The van der Waals surface area contributed by atoms with Gasteiger partial charge in [-0.25, -0.2) is 9.97 Å². The molecule has 3 N–H and O–H groups in total. The molecule has 0 bridgehead atoms. The van der Waals surface area contributed by atoms with Crippen LogP contribution >= 0.6 is 0 Å². The number of anilines is 2. The maximum absolute atomic E-state index is 13.0. The van der Waals surface area contributed by atoms with Crippen LogP contribution in [0, 0.1) is 6.92 Å². The van der Waals surface area contributed by atoms with Gasteiger partial charge >= 0.3 is 6.18 Å². The summed E-state index contributed by atoms with van der Waals surface area (Å²) in [5.74, 6) is -0.218. The number of aryl methyl sites for hydroxylation is 1. The molecule has 1 aliphatic rings. The highest BCUT2D eigenvalue weighted by Crippen LogP contribution is 2.35. The van der Waals surface area contributed by atoms with Crippen LogP contribution in [-0.2, 0) is 6.18 Å². The highest BCUT2D eigenvalue weighted by molar-refractivity contribution is 6.07. The second kappa shape index (κ2) is 9.72. The molecule has 1 aromatic carbocycles. The van der Waals surface area contributed by atoms with Crippen molar-refractivity contribution in [2.75, 3.05) is 30.4 Å². The number of alkyl halides is 3. The van der Waals surface area contributed by atoms with Crippen LogP contribution in [0.25, 0.3) is 11.0 Å². The summed E-state index contributed by atoms with van der Waals surface area (Å²) in [7, 11) is 1.53. The van der Waals surface area contributed by atoms with Crippen LogP contribution in [0.4, 0.5) is 24.7 Å². The Morgan fingerprint density at radius 2 is 1.95 bits per heavy atom. The average Bonchev–Trinajstić information content (AvgIpc) is 3.56. The molecule has 196 valence electrons. The van der Waals surface area contributed by atoms with Gasteiger partial charge in [-0.2, -0.15) is 18.3 Å². The zero-order valence-electron chi connectivity index (χ0n) is 20.4. The Hall–Kier alpha value is -4.55. The van der Waals surface area contributed by atoms with Gasteiger partial charge in [-0.1, -0.05) is 6.07 Å². The van der Waals surface area contributed by atoms with Gasteiger partial charge in [0.05, 0.1) is 22.8 Å². The summed E-state index contributed by atoms with van der Waals surface area (Å²) < 4.78 is 39.0. The lowest BCUT2D eigenvalue weighted by atomic mass is 9.92. The smallest absolute Gasteiger partial charge is 0.355 e. The van der Waals surface area contributed by atoms with Crippen molar-refractivity contribution >= 4 is 34.4 Å². The van der Waals surface area contributed by atoms with Crippen molar-refractivity contribution < 1.29 is 22.8 Å². The molecule has 4 aromatic rings. The van der Waals surface area contributed by atoms with Crippen LogP contribution < -0.4 is 15.5 Å². The molecule has 0 aliphatic carbocycles. The normalized spacial score (nSPS) is 15.6. The largest absolute Gasteiger partial charge is 0.417 e. The van der Waals surface area contributed by atoms with Crippen LogP contribution in [0.15, 0.2) is 43.0 Å². The number of nitrogens with zero attached hydrogens (tertiary/aromatic N) is 5. The second-order valence-electron chi connectivity index (χ2n) is 8.99. The monoisotopic (exact) mass is 524 g/mol. The molecule has 4 heterocycles. The minimum atomic E-state index is -4.56. The van der Waals surface area contributed by atoms with E-state index < -0.39 is 17.6 Å². The van der Waals surface area contributed by atoms with Crippen molar-refractivity contribution in [3.05, 3.63) is 70.9 Å². The number of pyridine rings is 1. The average molecular weight is 525 g/mol. The molecule has 0 radical (unpaired) electrons. The van der Waals surface area contributed by atoms with Crippen LogP contribution in [0.3, 0.4) is 0 Å². The van der Waals surface area contributed by atoms with Crippen molar-refractivity contribution in [2.24, 2.45) is 0 Å². The SMILES string of the molecule is CNC(=O)c1[nH]nc2ncnc(N3CC[C@@H](c4cc(C(=O)Nc5cncc(C(F)(F)F)c5)ccc4C)C3)c12. The number of carbonyl (C=O) groups excluding carboxylic acids is 2. The van der Waals surface area contributed by atoms with E-state index in [2.05, 4.69) is 40.7 Å². The fourth-order valence-electron chi connectivity index (χ4n) is 4.66. The molecule has 0 saturated carbocycles. The lowest BCUT2D eigenvalue weighted by Gasteiger charge is -2.19. The Bertz CT molecular complexity index is 1530. The van der Waals surface area contributed by atoms with E-state index in [1.165, 1.54) is 19.6 Å². The third-order valence-corrected chi connectivity index (χ3v) is 6.58. The molecule has 1 atom stereocenters. The van der Waals surface area contributed by atoms with Crippen molar-refractivity contribution in [3.8, 4) is 0 Å². The number of rotatable bonds is 5. The third-order valence-electron chi connectivity index (χ3n) is 6.58. The van der Waals surface area contributed by atoms with E-state index in [4.69, 9.17) is 0 Å². The maximum Gasteiger partial charge on any atom is 0.417 e. The summed E-state index contributed by atoms with van der Waals surface area (Å²) in [5, 5.41) is 12.5. The summed E-state index contributed by atoms with van der Waals surface area (Å²) in [5.41, 5.74) is 1.93. The molecule has 3 aromatic heterocycles. The van der Waals surface area contributed by atoms with E-state index in [1.807, 2.05) is 13.0 Å². The number of aromatic nitrogens is 5. The molecular formula is C25H23F3N8O2. The Kier molecular flexibility index (Phi) is 6.43. The fraction of sp³-hybridized carbons (Fsp3) is 0.280. The van der Waals surface area contributed by atoms with E-state index in [0.29, 0.717) is 41.7 Å². The highest BCUT2D eigenvalue weighted by Gasteiger charge is 2.32. The number of H-pyrrole nitrogens is 1. The van der Waals surface area contributed by atoms with Gasteiger partial charge in [-0.3, -0.25) is 19.7 Å². The van der Waals surface area contributed by atoms with Crippen LogP contribution in [0.5, 0.6) is 0 Å². The number of hydrogen-bond acceptors (Lipinski definition) is 7. The van der Waals surface area contributed by atoms with E-state index in [9.17, 15) is 22.8 Å². The van der Waals surface area contributed by atoms with Crippen LogP contribution in [0.1, 0.15) is 49.9 Å². The van der Waals surface area contributed by atoms with Gasteiger partial charge in [-0.05, 0) is 42.7 Å². The summed E-state index contributed by atoms with van der Waals surface area (Å²) >= 11 is 0. The van der Waals surface area contributed by atoms with Crippen molar-refractivity contribution in [2.45, 2.75) is 25.4 Å². The van der Waals surface area contributed by atoms with Gasteiger partial charge in [0.1, 0.15) is 17.8 Å². The van der Waals surface area contributed by atoms with Gasteiger partial charge in [-0.15, -0.1) is 0 Å². The van der Waals surface area contributed by atoms with Crippen LogP contribution in [0.2, 0.25) is 0 Å². The molecule has 0 spiro atoms. The predicted molar refractivity (Wildman–Crippen MR) is 133 cm³/mol. The zero-order valence-corrected chi connectivity index (χ0v) is 20.4. The lowest BCUT2D eigenvalue weighted by molar-refractivity contribution is -0.137. The number of hydrogen-bond donors (Lipinski definition) is 3. The molecule has 10 nitrogen and oxygen atoms in total. The number of nitrogens with one attached hydrogen (secondary N) is 3. The van der Waals surface area contributed by atoms with E-state index in [1.54, 1.807) is 12.1 Å². The topological polar surface area (TPSA) is 129 Å². The summed E-state index contributed by atoms with van der Waals surface area (Å²) in [4.78, 5) is 39.4. The first kappa shape index (κ1) is 25.1. The summed E-state index contributed by atoms with van der Waals surface area (Å²) in [6.07, 6.45) is -0.521. The van der Waals surface area contributed by atoms with Gasteiger partial charge in [0.2, 0.25) is 0 Å². The van der Waals surface area contributed by atoms with E-state index in [-0.39, 0.29) is 23.2 Å². The predicted octanol–water partition coefficient (Wildman–Crippen LogP) is 3.68. The molecule has 2 amide bonds. The number of halogens is 3. The molecule has 13 heteroatoms. The maximum atomic E-state index is 13.0. The Balaban J connectivity index is 1.38. The Labute approximate surface area is 214 Å². The highest BCUT2D eigenvalue weighted by atomic mass is 19.4. The van der Waals surface area contributed by atoms with Crippen molar-refractivity contribution in [1.29, 1.82) is 0 Å². The van der Waals surface area contributed by atoms with E-state index >= 15 is 0 Å². The molecule has 1 fully saturated rings. The first-order chi connectivity index (χ1) is 18.2. The first-order valence-corrected chi connectivity index (χ1v) is 11.8. The minimum Gasteiger partial charge on any atom is -0.355 e. The number of fused-ring (bicyclic) bond motifs is 1. The van der Waals surface area contributed by atoms with Crippen molar-refractivity contribution in [3.63, 3.8) is 0 Å². The molecule has 38 heavy (non-hydrogen) atoms. The molecule has 0 unspecified atom stereocenters. The van der Waals surface area contributed by atoms with Gasteiger partial charge < -0.3 is 15.5 Å². The van der Waals surface area contributed by atoms with Gasteiger partial charge in [0.15, 0.2) is 5.65 Å². The molecular weight excluding hydrogens is 501 g/mol. The summed E-state index contributed by atoms with van der Waals surface area (Å²) in [6.45, 7) is 3.17. The Morgan fingerprint density at radius 1 is 1.13 bits per heavy atom. The molecule has 1 saturated heterocycles. The number of benzene rings is 1. The van der Waals surface area contributed by atoms with Crippen LogP contribution in [-0.4, -0.2) is 57.1 Å². The number of carbonyl (C=O) groups is 2. The third kappa shape index (κ3) is 4.74. The molecule has 5 rings (SSSR count). The summed E-state index contributed by atoms with van der Waals surface area (Å²) in [6, 6.07) is 6.07. The fourth-order valence-corrected chi connectivity index (χ4v) is 4.66. The van der Waals surface area contributed by atoms with Crippen molar-refractivity contribution in [1.82, 2.24) is 30.5 Å². The standard InChI is InChI=1S/C25H23F3N8O2/c1-13-3-4-14(23(37)33-17-8-16(9-30-10-17)25(26,27)28)7-18(13)15-5-6-36(11-15)22-19-20(24(38)29-2)34-35-21(19)31-12-32-22/h3-4,7-10,12,15H,5-6,11H2,1-2H3,(H,29,38)(H,33,37)(H,31,32,34,35)/t15-/m1/s1.